The Morgan fingerprint density at radius 2 is 1.83 bits per heavy atom. The first-order valence-electron chi connectivity index (χ1n) is 8.46. The summed E-state index contributed by atoms with van der Waals surface area (Å²) in [4.78, 5) is 10.7. The molecule has 1 aliphatic rings. The van der Waals surface area contributed by atoms with E-state index in [2.05, 4.69) is 50.4 Å². The van der Waals surface area contributed by atoms with E-state index in [9.17, 15) is 4.79 Å². The Hall–Kier alpha value is -1.88. The Balaban J connectivity index is 0.000000648. The fraction of sp³-hybridized carbons (Fsp3) is 0.579. The molecule has 0 bridgehead atoms. The molecular formula is C19H31N3O2. The van der Waals surface area contributed by atoms with Gasteiger partial charge < -0.3 is 16.2 Å². The van der Waals surface area contributed by atoms with Crippen LogP contribution >= 0.6 is 0 Å². The van der Waals surface area contributed by atoms with Gasteiger partial charge >= 0.3 is 5.97 Å². The highest BCUT2D eigenvalue weighted by molar-refractivity contribution is 5.73. The number of nitrogens with two attached hydrogens (primary N) is 1. The molecule has 0 spiro atoms. The summed E-state index contributed by atoms with van der Waals surface area (Å²) in [6.45, 7) is 8.99. The lowest BCUT2D eigenvalue weighted by Gasteiger charge is -2.30. The topological polar surface area (TPSA) is 99.2 Å². The summed E-state index contributed by atoms with van der Waals surface area (Å²) in [5.74, 6) is -0.248. The van der Waals surface area contributed by atoms with Crippen LogP contribution < -0.4 is 11.1 Å². The maximum absolute atomic E-state index is 10.7. The number of hydrogen-bond acceptors (Lipinski definition) is 3. The number of piperidine rings is 1. The van der Waals surface area contributed by atoms with Gasteiger partial charge in [0.15, 0.2) is 0 Å². The number of amidine groups is 1. The molecule has 1 heterocycles. The average molecular weight is 333 g/mol. The van der Waals surface area contributed by atoms with Gasteiger partial charge in [-0.25, -0.2) is 0 Å². The second-order valence-electron chi connectivity index (χ2n) is 7.56. The van der Waals surface area contributed by atoms with E-state index < -0.39 is 5.97 Å². The zero-order valence-electron chi connectivity index (χ0n) is 15.2. The number of nitrogens with one attached hydrogen (secondary N) is 2. The number of rotatable bonds is 3. The van der Waals surface area contributed by atoms with Crippen LogP contribution in [0.2, 0.25) is 0 Å². The minimum absolute atomic E-state index is 0.167. The van der Waals surface area contributed by atoms with Gasteiger partial charge in [-0.3, -0.25) is 10.2 Å². The molecule has 134 valence electrons. The van der Waals surface area contributed by atoms with Gasteiger partial charge in [-0.15, -0.1) is 0 Å². The van der Waals surface area contributed by atoms with Crippen molar-refractivity contribution in [1.82, 2.24) is 5.32 Å². The smallest absolute Gasteiger partial charge is 0.303 e. The summed E-state index contributed by atoms with van der Waals surface area (Å²) >= 11 is 0. The first-order chi connectivity index (χ1) is 11.1. The molecule has 2 unspecified atom stereocenters. The number of carboxylic acids is 1. The van der Waals surface area contributed by atoms with E-state index in [1.54, 1.807) is 0 Å². The lowest BCUT2D eigenvalue weighted by atomic mass is 9.84. The van der Waals surface area contributed by atoms with Gasteiger partial charge in [-0.05, 0) is 48.8 Å². The third-order valence-electron chi connectivity index (χ3n) is 4.16. The Morgan fingerprint density at radius 3 is 2.21 bits per heavy atom. The van der Waals surface area contributed by atoms with E-state index >= 15 is 0 Å². The van der Waals surface area contributed by atoms with Gasteiger partial charge in [0.2, 0.25) is 0 Å². The first-order valence-corrected chi connectivity index (χ1v) is 8.46. The van der Waals surface area contributed by atoms with Crippen molar-refractivity contribution in [3.05, 3.63) is 35.4 Å². The number of aliphatic carboxylic acids is 1. The summed E-state index contributed by atoms with van der Waals surface area (Å²) in [5.41, 5.74) is 7.54. The van der Waals surface area contributed by atoms with E-state index in [1.165, 1.54) is 18.1 Å². The van der Waals surface area contributed by atoms with Gasteiger partial charge in [0.05, 0.1) is 5.84 Å². The first kappa shape index (κ1) is 20.2. The molecule has 1 saturated heterocycles. The molecule has 1 aromatic carbocycles. The fourth-order valence-corrected chi connectivity index (χ4v) is 2.84. The minimum Gasteiger partial charge on any atom is -0.481 e. The standard InChI is InChI=1S/C17H25NO2.C2H6N2/c1-17(2,3)14-7-5-13(6-8-14)15-9-4-12(11-18-15)10-16(19)20;1-2(3)4/h5-8,12,15,18H,4,9-11H2,1-3H3,(H,19,20);1H3,(H3,3,4). The van der Waals surface area contributed by atoms with Crippen LogP contribution in [-0.2, 0) is 10.2 Å². The maximum Gasteiger partial charge on any atom is 0.303 e. The fourth-order valence-electron chi connectivity index (χ4n) is 2.84. The van der Waals surface area contributed by atoms with Gasteiger partial charge in [0.25, 0.3) is 0 Å². The molecule has 2 rings (SSSR count). The molecule has 1 aliphatic heterocycles. The maximum atomic E-state index is 10.7. The van der Waals surface area contributed by atoms with E-state index in [1.807, 2.05) is 0 Å². The van der Waals surface area contributed by atoms with Crippen molar-refractivity contribution in [3.63, 3.8) is 0 Å². The highest BCUT2D eigenvalue weighted by Gasteiger charge is 2.23. The SMILES string of the molecule is CC(=N)N.CC(C)(C)c1ccc(C2CCC(CC(=O)O)CN2)cc1. The summed E-state index contributed by atoms with van der Waals surface area (Å²) in [6.07, 6.45) is 2.29. The largest absolute Gasteiger partial charge is 0.481 e. The van der Waals surface area contributed by atoms with Crippen LogP contribution in [0.25, 0.3) is 0 Å². The summed E-state index contributed by atoms with van der Waals surface area (Å²) in [5, 5.41) is 18.6. The molecule has 0 amide bonds. The van der Waals surface area contributed by atoms with Crippen molar-refractivity contribution < 1.29 is 9.90 Å². The van der Waals surface area contributed by atoms with Crippen LogP contribution in [-0.4, -0.2) is 23.5 Å². The molecular weight excluding hydrogens is 302 g/mol. The molecule has 0 saturated carbocycles. The molecule has 5 N–H and O–H groups in total. The quantitative estimate of drug-likeness (QED) is 0.503. The average Bonchev–Trinajstić information content (AvgIpc) is 2.46. The number of hydrogen-bond donors (Lipinski definition) is 4. The van der Waals surface area contributed by atoms with E-state index in [-0.39, 0.29) is 23.6 Å². The van der Waals surface area contributed by atoms with Crippen LogP contribution in [0.15, 0.2) is 24.3 Å². The number of carbonyl (C=O) groups is 1. The van der Waals surface area contributed by atoms with Crippen LogP contribution in [0.5, 0.6) is 0 Å². The Morgan fingerprint density at radius 1 is 1.29 bits per heavy atom. The predicted octanol–water partition coefficient (Wildman–Crippen LogP) is 3.44. The summed E-state index contributed by atoms with van der Waals surface area (Å²) in [6, 6.07) is 9.20. The number of benzene rings is 1. The Kier molecular flexibility index (Phi) is 7.42. The minimum atomic E-state index is -0.690. The van der Waals surface area contributed by atoms with Crippen LogP contribution in [0.1, 0.15) is 64.1 Å². The van der Waals surface area contributed by atoms with Crippen LogP contribution in [0.4, 0.5) is 0 Å². The lowest BCUT2D eigenvalue weighted by Crippen LogP contribution is -2.34. The van der Waals surface area contributed by atoms with Crippen molar-refractivity contribution in [2.45, 2.75) is 58.4 Å². The lowest BCUT2D eigenvalue weighted by molar-refractivity contribution is -0.138. The van der Waals surface area contributed by atoms with E-state index in [4.69, 9.17) is 16.2 Å². The molecule has 1 aromatic rings. The van der Waals surface area contributed by atoms with Crippen LogP contribution in [0, 0.1) is 11.3 Å². The molecule has 2 atom stereocenters. The highest BCUT2D eigenvalue weighted by Crippen LogP contribution is 2.29. The number of carboxylic acid groups (broad SMARTS) is 1. The zero-order valence-corrected chi connectivity index (χ0v) is 15.2. The molecule has 0 aromatic heterocycles. The van der Waals surface area contributed by atoms with Crippen molar-refractivity contribution in [2.24, 2.45) is 11.7 Å². The molecule has 1 fully saturated rings. The second-order valence-corrected chi connectivity index (χ2v) is 7.56. The Labute approximate surface area is 145 Å². The van der Waals surface area contributed by atoms with Gasteiger partial charge in [0, 0.05) is 12.5 Å². The third kappa shape index (κ3) is 7.13. The molecule has 5 nitrogen and oxygen atoms in total. The summed E-state index contributed by atoms with van der Waals surface area (Å²) in [7, 11) is 0. The second kappa shape index (κ2) is 8.83. The zero-order chi connectivity index (χ0) is 18.3. The summed E-state index contributed by atoms with van der Waals surface area (Å²) < 4.78 is 0. The van der Waals surface area contributed by atoms with Crippen molar-refractivity contribution in [2.75, 3.05) is 6.54 Å². The molecule has 0 radical (unpaired) electrons. The predicted molar refractivity (Wildman–Crippen MR) is 98.5 cm³/mol. The van der Waals surface area contributed by atoms with E-state index in [0.29, 0.717) is 6.04 Å². The van der Waals surface area contributed by atoms with Crippen molar-refractivity contribution in [1.29, 1.82) is 5.41 Å². The van der Waals surface area contributed by atoms with Crippen molar-refractivity contribution >= 4 is 11.8 Å². The highest BCUT2D eigenvalue weighted by atomic mass is 16.4. The van der Waals surface area contributed by atoms with Crippen molar-refractivity contribution in [3.8, 4) is 0 Å². The monoisotopic (exact) mass is 333 g/mol. The van der Waals surface area contributed by atoms with E-state index in [0.717, 1.165) is 19.4 Å². The van der Waals surface area contributed by atoms with Crippen LogP contribution in [0.3, 0.4) is 0 Å². The van der Waals surface area contributed by atoms with Gasteiger partial charge in [0.1, 0.15) is 0 Å². The Bertz CT molecular complexity index is 535. The molecule has 0 aliphatic carbocycles. The normalized spacial score (nSPS) is 20.7. The third-order valence-corrected chi connectivity index (χ3v) is 4.16. The molecule has 5 heteroatoms. The molecule has 24 heavy (non-hydrogen) atoms. The van der Waals surface area contributed by atoms with Gasteiger partial charge in [-0.1, -0.05) is 45.0 Å². The van der Waals surface area contributed by atoms with Gasteiger partial charge in [-0.2, -0.15) is 0 Å².